The number of carbonyl (C=O) groups excluding carboxylic acids is 2. The molecular formula is C14H27N3O3. The van der Waals surface area contributed by atoms with Crippen molar-refractivity contribution >= 4 is 11.9 Å². The number of hydrogen-bond acceptors (Lipinski definition) is 4. The number of nitrogens with zero attached hydrogens (tertiary/aromatic N) is 1. The second-order valence-electron chi connectivity index (χ2n) is 5.64. The van der Waals surface area contributed by atoms with E-state index >= 15 is 0 Å². The molecule has 116 valence electrons. The Balaban J connectivity index is 2.30. The molecular weight excluding hydrogens is 258 g/mol. The molecule has 0 radical (unpaired) electrons. The summed E-state index contributed by atoms with van der Waals surface area (Å²) < 4.78 is 0. The highest BCUT2D eigenvalue weighted by Crippen LogP contribution is 2.17. The van der Waals surface area contributed by atoms with Crippen molar-refractivity contribution in [2.45, 2.75) is 58.0 Å². The van der Waals surface area contributed by atoms with Crippen LogP contribution in [0.4, 0.5) is 4.79 Å². The van der Waals surface area contributed by atoms with E-state index in [-0.39, 0.29) is 31.1 Å². The van der Waals surface area contributed by atoms with Gasteiger partial charge in [-0.15, -0.1) is 0 Å². The van der Waals surface area contributed by atoms with E-state index in [4.69, 9.17) is 5.11 Å². The van der Waals surface area contributed by atoms with Gasteiger partial charge in [0.15, 0.2) is 0 Å². The molecule has 3 N–H and O–H groups in total. The van der Waals surface area contributed by atoms with Crippen molar-refractivity contribution in [2.75, 3.05) is 19.7 Å². The smallest absolute Gasteiger partial charge is 0.321 e. The van der Waals surface area contributed by atoms with E-state index < -0.39 is 6.03 Å². The number of rotatable bonds is 6. The molecule has 1 rings (SSSR count). The van der Waals surface area contributed by atoms with E-state index in [0.717, 1.165) is 25.7 Å². The molecule has 0 aromatic rings. The predicted molar refractivity (Wildman–Crippen MR) is 77.3 cm³/mol. The summed E-state index contributed by atoms with van der Waals surface area (Å²) in [6.07, 6.45) is 5.48. The number of aliphatic hydroxyl groups is 1. The van der Waals surface area contributed by atoms with Gasteiger partial charge in [-0.25, -0.2) is 4.79 Å². The maximum atomic E-state index is 11.8. The van der Waals surface area contributed by atoms with E-state index in [1.54, 1.807) is 0 Å². The predicted octanol–water partition coefficient (Wildman–Crippen LogP) is 0.848. The minimum absolute atomic E-state index is 0.000267. The lowest BCUT2D eigenvalue weighted by Crippen LogP contribution is -2.49. The topological polar surface area (TPSA) is 81.7 Å². The van der Waals surface area contributed by atoms with Crippen LogP contribution in [0.15, 0.2) is 0 Å². The summed E-state index contributed by atoms with van der Waals surface area (Å²) >= 11 is 0. The highest BCUT2D eigenvalue weighted by Gasteiger charge is 2.18. The zero-order chi connectivity index (χ0) is 15.0. The van der Waals surface area contributed by atoms with Crippen LogP contribution >= 0.6 is 0 Å². The Hall–Kier alpha value is -1.14. The van der Waals surface area contributed by atoms with Gasteiger partial charge in [0.25, 0.3) is 0 Å². The van der Waals surface area contributed by atoms with Gasteiger partial charge in [0.1, 0.15) is 0 Å². The number of carbonyl (C=O) groups is 2. The molecule has 0 aromatic carbocycles. The number of aliphatic hydroxyl groups excluding tert-OH is 1. The van der Waals surface area contributed by atoms with Gasteiger partial charge < -0.3 is 10.4 Å². The molecule has 20 heavy (non-hydrogen) atoms. The summed E-state index contributed by atoms with van der Waals surface area (Å²) in [5.41, 5.74) is 0. The van der Waals surface area contributed by atoms with Gasteiger partial charge in [0.05, 0.1) is 13.2 Å². The van der Waals surface area contributed by atoms with Gasteiger partial charge in [-0.1, -0.05) is 19.3 Å². The molecule has 0 unspecified atom stereocenters. The van der Waals surface area contributed by atoms with E-state index in [0.29, 0.717) is 6.54 Å². The van der Waals surface area contributed by atoms with Gasteiger partial charge in [-0.05, 0) is 26.7 Å². The fraction of sp³-hybridized carbons (Fsp3) is 0.857. The van der Waals surface area contributed by atoms with Crippen molar-refractivity contribution in [3.8, 4) is 0 Å². The lowest BCUT2D eigenvalue weighted by atomic mass is 9.96. The highest BCUT2D eigenvalue weighted by molar-refractivity contribution is 5.95. The Morgan fingerprint density at radius 3 is 2.45 bits per heavy atom. The van der Waals surface area contributed by atoms with Crippen molar-refractivity contribution in [1.82, 2.24) is 15.5 Å². The molecule has 6 nitrogen and oxygen atoms in total. The largest absolute Gasteiger partial charge is 0.395 e. The maximum Gasteiger partial charge on any atom is 0.321 e. The normalized spacial score (nSPS) is 16.4. The number of hydrogen-bond donors (Lipinski definition) is 3. The van der Waals surface area contributed by atoms with Crippen LogP contribution in [0, 0.1) is 0 Å². The van der Waals surface area contributed by atoms with Crippen LogP contribution in [-0.4, -0.2) is 53.7 Å². The number of amides is 3. The summed E-state index contributed by atoms with van der Waals surface area (Å²) in [5, 5.41) is 14.1. The first-order chi connectivity index (χ1) is 9.52. The van der Waals surface area contributed by atoms with E-state index in [2.05, 4.69) is 10.6 Å². The molecule has 0 heterocycles. The fourth-order valence-electron chi connectivity index (χ4n) is 2.47. The third-order valence-corrected chi connectivity index (χ3v) is 3.66. The zero-order valence-corrected chi connectivity index (χ0v) is 12.5. The number of urea groups is 1. The van der Waals surface area contributed by atoms with Crippen LogP contribution in [0.5, 0.6) is 0 Å². The molecule has 0 bridgehead atoms. The average molecular weight is 285 g/mol. The second-order valence-corrected chi connectivity index (χ2v) is 5.64. The first-order valence-electron chi connectivity index (χ1n) is 7.48. The Kier molecular flexibility index (Phi) is 7.54. The molecule has 6 heteroatoms. The monoisotopic (exact) mass is 285 g/mol. The summed E-state index contributed by atoms with van der Waals surface area (Å²) in [6, 6.07) is -0.0703. The SMILES string of the molecule is CC(C)N(CCO)CC(=O)NC(=O)NC1CCCCC1. The molecule has 1 aliphatic rings. The molecule has 0 spiro atoms. The van der Waals surface area contributed by atoms with Gasteiger partial charge in [-0.3, -0.25) is 15.0 Å². The first kappa shape index (κ1) is 16.9. The van der Waals surface area contributed by atoms with Crippen LogP contribution in [0.2, 0.25) is 0 Å². The third-order valence-electron chi connectivity index (χ3n) is 3.66. The molecule has 0 aromatic heterocycles. The van der Waals surface area contributed by atoms with E-state index in [1.165, 1.54) is 6.42 Å². The first-order valence-corrected chi connectivity index (χ1v) is 7.48. The minimum atomic E-state index is -0.408. The van der Waals surface area contributed by atoms with Crippen LogP contribution in [0.3, 0.4) is 0 Å². The Labute approximate surface area is 120 Å². The molecule has 0 saturated heterocycles. The van der Waals surface area contributed by atoms with E-state index in [9.17, 15) is 9.59 Å². The Morgan fingerprint density at radius 1 is 1.25 bits per heavy atom. The maximum absolute atomic E-state index is 11.8. The average Bonchev–Trinajstić information content (AvgIpc) is 2.38. The molecule has 0 atom stereocenters. The van der Waals surface area contributed by atoms with Crippen LogP contribution < -0.4 is 10.6 Å². The van der Waals surface area contributed by atoms with Gasteiger partial charge >= 0.3 is 6.03 Å². The lowest BCUT2D eigenvalue weighted by molar-refractivity contribution is -0.121. The molecule has 1 fully saturated rings. The minimum Gasteiger partial charge on any atom is -0.395 e. The van der Waals surface area contributed by atoms with Crippen LogP contribution in [0.1, 0.15) is 46.0 Å². The van der Waals surface area contributed by atoms with Crippen molar-refractivity contribution < 1.29 is 14.7 Å². The summed E-state index contributed by atoms with van der Waals surface area (Å²) in [6.45, 7) is 4.45. The molecule has 3 amide bonds. The summed E-state index contributed by atoms with van der Waals surface area (Å²) in [7, 11) is 0. The zero-order valence-electron chi connectivity index (χ0n) is 12.5. The Morgan fingerprint density at radius 2 is 1.90 bits per heavy atom. The molecule has 0 aliphatic heterocycles. The van der Waals surface area contributed by atoms with Crippen molar-refractivity contribution in [2.24, 2.45) is 0 Å². The van der Waals surface area contributed by atoms with Crippen molar-refractivity contribution in [1.29, 1.82) is 0 Å². The highest BCUT2D eigenvalue weighted by atomic mass is 16.3. The van der Waals surface area contributed by atoms with Crippen molar-refractivity contribution in [3.63, 3.8) is 0 Å². The van der Waals surface area contributed by atoms with Crippen molar-refractivity contribution in [3.05, 3.63) is 0 Å². The quantitative estimate of drug-likeness (QED) is 0.675. The van der Waals surface area contributed by atoms with Crippen LogP contribution in [-0.2, 0) is 4.79 Å². The molecule has 1 saturated carbocycles. The van der Waals surface area contributed by atoms with E-state index in [1.807, 2.05) is 18.7 Å². The molecule has 1 aliphatic carbocycles. The second kappa shape index (κ2) is 8.92. The number of nitrogens with one attached hydrogen (secondary N) is 2. The van der Waals surface area contributed by atoms with Gasteiger partial charge in [0, 0.05) is 18.6 Å². The lowest BCUT2D eigenvalue weighted by Gasteiger charge is -2.25. The summed E-state index contributed by atoms with van der Waals surface area (Å²) in [4.78, 5) is 25.3. The fourth-order valence-corrected chi connectivity index (χ4v) is 2.47. The van der Waals surface area contributed by atoms with Gasteiger partial charge in [-0.2, -0.15) is 0 Å². The summed E-state index contributed by atoms with van der Waals surface area (Å²) in [5.74, 6) is -0.333. The Bertz CT molecular complexity index is 315. The van der Waals surface area contributed by atoms with Gasteiger partial charge in [0.2, 0.25) is 5.91 Å². The standard InChI is InChI=1S/C14H27N3O3/c1-11(2)17(8-9-18)10-13(19)16-14(20)15-12-6-4-3-5-7-12/h11-12,18H,3-10H2,1-2H3,(H2,15,16,19,20). The van der Waals surface area contributed by atoms with Crippen LogP contribution in [0.25, 0.3) is 0 Å². The number of imide groups is 1. The third kappa shape index (κ3) is 6.34.